The number of nitrogens with zero attached hydrogens (tertiary/aromatic N) is 1. The number of fused-ring (bicyclic) bond motifs is 1. The molecule has 0 saturated carbocycles. The van der Waals surface area contributed by atoms with Crippen LogP contribution in [0.3, 0.4) is 0 Å². The maximum Gasteiger partial charge on any atom is 0.410 e. The zero-order chi connectivity index (χ0) is 16.8. The van der Waals surface area contributed by atoms with Gasteiger partial charge in [-0.1, -0.05) is 0 Å². The molecule has 2 atom stereocenters. The van der Waals surface area contributed by atoms with Crippen molar-refractivity contribution in [1.29, 1.82) is 0 Å². The van der Waals surface area contributed by atoms with Crippen LogP contribution < -0.4 is 5.48 Å². The molecule has 5 nitrogen and oxygen atoms in total. The molecule has 1 aromatic carbocycles. The molecule has 3 rings (SSSR count). The minimum absolute atomic E-state index is 0.160. The Labute approximate surface area is 133 Å². The number of hydroxylamine groups is 1. The summed E-state index contributed by atoms with van der Waals surface area (Å²) in [5, 5.41) is 0. The van der Waals surface area contributed by atoms with Crippen molar-refractivity contribution in [3.63, 3.8) is 0 Å². The summed E-state index contributed by atoms with van der Waals surface area (Å²) in [4.78, 5) is 19.1. The van der Waals surface area contributed by atoms with Gasteiger partial charge in [-0.2, -0.15) is 5.48 Å². The first kappa shape index (κ1) is 16.1. The fourth-order valence-electron chi connectivity index (χ4n) is 3.16. The van der Waals surface area contributed by atoms with E-state index in [9.17, 15) is 13.6 Å². The highest BCUT2D eigenvalue weighted by atomic mass is 19.1. The van der Waals surface area contributed by atoms with Gasteiger partial charge in [-0.15, -0.1) is 0 Å². The maximum atomic E-state index is 14.3. The second-order valence-corrected chi connectivity index (χ2v) is 7.07. The van der Waals surface area contributed by atoms with Gasteiger partial charge in [0, 0.05) is 24.6 Å². The van der Waals surface area contributed by atoms with Crippen molar-refractivity contribution in [3.05, 3.63) is 35.4 Å². The zero-order valence-corrected chi connectivity index (χ0v) is 13.4. The normalized spacial score (nSPS) is 27.2. The number of benzene rings is 1. The first-order valence-corrected chi connectivity index (χ1v) is 7.54. The van der Waals surface area contributed by atoms with Gasteiger partial charge in [-0.3, -0.25) is 0 Å². The lowest BCUT2D eigenvalue weighted by Crippen LogP contribution is -2.45. The number of rotatable bonds is 1. The SMILES string of the molecule is CC(C)(C)OC(=O)N1C[C@H]2CON[C@@]2(c2cc(F)ccc2F)C1. The average molecular weight is 326 g/mol. The number of carbonyl (C=O) groups excluding carboxylic acids is 1. The molecule has 2 aliphatic rings. The Bertz CT molecular complexity index is 632. The lowest BCUT2D eigenvalue weighted by atomic mass is 9.82. The number of ether oxygens (including phenoxy) is 1. The molecule has 0 unspecified atom stereocenters. The van der Waals surface area contributed by atoms with E-state index in [0.29, 0.717) is 13.2 Å². The van der Waals surface area contributed by atoms with Crippen molar-refractivity contribution >= 4 is 6.09 Å². The number of halogens is 2. The fraction of sp³-hybridized carbons (Fsp3) is 0.562. The lowest BCUT2D eigenvalue weighted by Gasteiger charge is -2.29. The molecular formula is C16H20F2N2O3. The van der Waals surface area contributed by atoms with E-state index in [0.717, 1.165) is 18.2 Å². The van der Waals surface area contributed by atoms with Crippen molar-refractivity contribution < 1.29 is 23.1 Å². The van der Waals surface area contributed by atoms with Gasteiger partial charge >= 0.3 is 6.09 Å². The van der Waals surface area contributed by atoms with E-state index in [-0.39, 0.29) is 18.0 Å². The summed E-state index contributed by atoms with van der Waals surface area (Å²) in [6, 6.07) is 3.32. The fourth-order valence-corrected chi connectivity index (χ4v) is 3.16. The van der Waals surface area contributed by atoms with Gasteiger partial charge in [-0.05, 0) is 39.0 Å². The van der Waals surface area contributed by atoms with Crippen LogP contribution in [0.5, 0.6) is 0 Å². The van der Waals surface area contributed by atoms with Crippen molar-refractivity contribution in [1.82, 2.24) is 10.4 Å². The van der Waals surface area contributed by atoms with Crippen molar-refractivity contribution in [2.24, 2.45) is 5.92 Å². The van der Waals surface area contributed by atoms with Crippen LogP contribution >= 0.6 is 0 Å². The van der Waals surface area contributed by atoms with Crippen LogP contribution in [0.1, 0.15) is 26.3 Å². The van der Waals surface area contributed by atoms with Crippen LogP contribution in [0.4, 0.5) is 13.6 Å². The minimum atomic E-state index is -0.955. The number of hydrogen-bond donors (Lipinski definition) is 1. The zero-order valence-electron chi connectivity index (χ0n) is 13.4. The third-order valence-corrected chi connectivity index (χ3v) is 4.18. The second kappa shape index (κ2) is 5.42. The molecule has 126 valence electrons. The van der Waals surface area contributed by atoms with E-state index >= 15 is 0 Å². The molecule has 23 heavy (non-hydrogen) atoms. The Morgan fingerprint density at radius 2 is 2.17 bits per heavy atom. The van der Waals surface area contributed by atoms with E-state index in [1.54, 1.807) is 20.8 Å². The summed E-state index contributed by atoms with van der Waals surface area (Å²) in [7, 11) is 0. The standard InChI is InChI=1S/C16H20F2N2O3/c1-15(2,3)23-14(21)20-7-10-8-22-19-16(10,9-20)12-6-11(17)4-5-13(12)18/h4-6,10,19H,7-9H2,1-3H3/t10-,16-/m0/s1. The summed E-state index contributed by atoms with van der Waals surface area (Å²) >= 11 is 0. The number of nitrogens with one attached hydrogen (secondary N) is 1. The van der Waals surface area contributed by atoms with Crippen LogP contribution in [-0.2, 0) is 15.1 Å². The molecule has 2 heterocycles. The predicted octanol–water partition coefficient (Wildman–Crippen LogP) is 2.56. The predicted molar refractivity (Wildman–Crippen MR) is 78.4 cm³/mol. The monoisotopic (exact) mass is 326 g/mol. The van der Waals surface area contributed by atoms with Crippen molar-refractivity contribution in [2.45, 2.75) is 31.9 Å². The molecule has 0 bridgehead atoms. The molecule has 1 amide bonds. The summed E-state index contributed by atoms with van der Waals surface area (Å²) < 4.78 is 33.2. The van der Waals surface area contributed by atoms with E-state index in [4.69, 9.17) is 9.57 Å². The lowest BCUT2D eigenvalue weighted by molar-refractivity contribution is 0.0149. The van der Waals surface area contributed by atoms with Crippen LogP contribution in [0.15, 0.2) is 18.2 Å². The average Bonchev–Trinajstić information content (AvgIpc) is 2.97. The molecular weight excluding hydrogens is 306 g/mol. The molecule has 1 aromatic rings. The summed E-state index contributed by atoms with van der Waals surface area (Å²) in [5.41, 5.74) is 1.41. The Hall–Kier alpha value is -1.73. The van der Waals surface area contributed by atoms with Gasteiger partial charge in [0.15, 0.2) is 0 Å². The highest BCUT2D eigenvalue weighted by Crippen LogP contribution is 2.42. The number of amides is 1. The van der Waals surface area contributed by atoms with Gasteiger partial charge in [-0.25, -0.2) is 13.6 Å². The quantitative estimate of drug-likeness (QED) is 0.862. The van der Waals surface area contributed by atoms with Gasteiger partial charge in [0.2, 0.25) is 0 Å². The Balaban J connectivity index is 1.89. The number of likely N-dealkylation sites (tertiary alicyclic amines) is 1. The Morgan fingerprint density at radius 1 is 1.43 bits per heavy atom. The summed E-state index contributed by atoms with van der Waals surface area (Å²) in [5.74, 6) is -1.23. The third-order valence-electron chi connectivity index (χ3n) is 4.18. The molecule has 2 fully saturated rings. The molecule has 0 aliphatic carbocycles. The highest BCUT2D eigenvalue weighted by Gasteiger charge is 2.55. The Morgan fingerprint density at radius 3 is 2.87 bits per heavy atom. The second-order valence-electron chi connectivity index (χ2n) is 7.07. The van der Waals surface area contributed by atoms with Crippen molar-refractivity contribution in [3.8, 4) is 0 Å². The molecule has 1 N–H and O–H groups in total. The van der Waals surface area contributed by atoms with Gasteiger partial charge in [0.1, 0.15) is 17.2 Å². The van der Waals surface area contributed by atoms with Gasteiger partial charge in [0.25, 0.3) is 0 Å². The van der Waals surface area contributed by atoms with E-state index in [2.05, 4.69) is 5.48 Å². The van der Waals surface area contributed by atoms with E-state index in [1.807, 2.05) is 0 Å². The molecule has 0 radical (unpaired) electrons. The number of hydrogen-bond acceptors (Lipinski definition) is 4. The molecule has 2 aliphatic heterocycles. The minimum Gasteiger partial charge on any atom is -0.444 e. The molecule has 0 aromatic heterocycles. The van der Waals surface area contributed by atoms with E-state index in [1.165, 1.54) is 4.90 Å². The highest BCUT2D eigenvalue weighted by molar-refractivity contribution is 5.69. The molecule has 2 saturated heterocycles. The van der Waals surface area contributed by atoms with Gasteiger partial charge in [0.05, 0.1) is 12.1 Å². The number of carbonyl (C=O) groups is 1. The summed E-state index contributed by atoms with van der Waals surface area (Å²) in [6.45, 7) is 6.18. The molecule has 0 spiro atoms. The van der Waals surface area contributed by atoms with Crippen LogP contribution in [0.2, 0.25) is 0 Å². The van der Waals surface area contributed by atoms with Crippen LogP contribution in [-0.4, -0.2) is 36.3 Å². The third kappa shape index (κ3) is 2.90. The topological polar surface area (TPSA) is 50.8 Å². The van der Waals surface area contributed by atoms with E-state index < -0.39 is 28.9 Å². The van der Waals surface area contributed by atoms with Crippen LogP contribution in [0.25, 0.3) is 0 Å². The van der Waals surface area contributed by atoms with Gasteiger partial charge < -0.3 is 14.5 Å². The first-order chi connectivity index (χ1) is 10.7. The largest absolute Gasteiger partial charge is 0.444 e. The Kier molecular flexibility index (Phi) is 3.80. The van der Waals surface area contributed by atoms with Crippen LogP contribution in [0, 0.1) is 17.6 Å². The molecule has 7 heteroatoms. The first-order valence-electron chi connectivity index (χ1n) is 7.54. The summed E-state index contributed by atoms with van der Waals surface area (Å²) in [6.07, 6.45) is -0.468. The smallest absolute Gasteiger partial charge is 0.410 e. The van der Waals surface area contributed by atoms with Crippen molar-refractivity contribution in [2.75, 3.05) is 19.7 Å². The maximum absolute atomic E-state index is 14.3.